The van der Waals surface area contributed by atoms with Crippen molar-refractivity contribution in [2.45, 2.75) is 71.3 Å². The molecule has 0 unspecified atom stereocenters. The van der Waals surface area contributed by atoms with Crippen molar-refractivity contribution in [3.8, 4) is 0 Å². The lowest BCUT2D eigenvalue weighted by atomic mass is 10.2. The highest BCUT2D eigenvalue weighted by Crippen LogP contribution is 2.38. The summed E-state index contributed by atoms with van der Waals surface area (Å²) in [4.78, 5) is 17.6. The number of fused-ring (bicyclic) bond motifs is 1. The fourth-order valence-corrected chi connectivity index (χ4v) is 2.79. The van der Waals surface area contributed by atoms with Gasteiger partial charge >= 0.3 is 0 Å². The first kappa shape index (κ1) is 15.3. The summed E-state index contributed by atoms with van der Waals surface area (Å²) in [6.45, 7) is 6.22. The smallest absolute Gasteiger partial charge is 0.176 e. The fourth-order valence-electron chi connectivity index (χ4n) is 2.79. The van der Waals surface area contributed by atoms with E-state index in [2.05, 4.69) is 28.4 Å². The van der Waals surface area contributed by atoms with E-state index >= 15 is 0 Å². The Labute approximate surface area is 131 Å². The average molecular weight is 301 g/mol. The Morgan fingerprint density at radius 3 is 2.82 bits per heavy atom. The third-order valence-electron chi connectivity index (χ3n) is 4.22. The van der Waals surface area contributed by atoms with Crippen LogP contribution in [-0.4, -0.2) is 26.1 Å². The van der Waals surface area contributed by atoms with E-state index in [0.29, 0.717) is 5.92 Å². The van der Waals surface area contributed by atoms with Gasteiger partial charge in [-0.3, -0.25) is 4.99 Å². The highest BCUT2D eigenvalue weighted by Gasteiger charge is 2.27. The standard InChI is InChI=1S/C17H27N5/c1-3-5-6-7-10-18-16-14-17(22(11-4-2)12-19-16)21-15(20-14)13-8-9-13/h12-13H,3-11H2,1-2H3,(H,20,21). The van der Waals surface area contributed by atoms with E-state index in [1.54, 1.807) is 0 Å². The van der Waals surface area contributed by atoms with Gasteiger partial charge in [-0.05, 0) is 25.7 Å². The van der Waals surface area contributed by atoms with Crippen molar-refractivity contribution in [3.63, 3.8) is 0 Å². The molecule has 0 aliphatic heterocycles. The molecular formula is C17H27N5. The van der Waals surface area contributed by atoms with Gasteiger partial charge in [0.05, 0.1) is 6.33 Å². The molecule has 2 aromatic heterocycles. The lowest BCUT2D eigenvalue weighted by Crippen LogP contribution is -2.15. The summed E-state index contributed by atoms with van der Waals surface area (Å²) in [6, 6.07) is 0. The normalized spacial score (nSPS) is 15.8. The van der Waals surface area contributed by atoms with Crippen LogP contribution in [0.5, 0.6) is 0 Å². The average Bonchev–Trinajstić information content (AvgIpc) is 3.28. The van der Waals surface area contributed by atoms with Crippen LogP contribution in [0, 0.1) is 0 Å². The first-order valence-corrected chi connectivity index (χ1v) is 8.79. The number of hydrogen-bond donors (Lipinski definition) is 1. The van der Waals surface area contributed by atoms with Crippen LogP contribution < -0.4 is 5.49 Å². The molecule has 5 heteroatoms. The minimum absolute atomic E-state index is 0.625. The minimum atomic E-state index is 0.625. The van der Waals surface area contributed by atoms with E-state index in [-0.39, 0.29) is 0 Å². The van der Waals surface area contributed by atoms with Crippen molar-refractivity contribution in [2.24, 2.45) is 4.99 Å². The third-order valence-corrected chi connectivity index (χ3v) is 4.22. The van der Waals surface area contributed by atoms with E-state index < -0.39 is 0 Å². The molecule has 0 spiro atoms. The number of aromatic amines is 1. The van der Waals surface area contributed by atoms with Crippen LogP contribution in [0.25, 0.3) is 11.2 Å². The van der Waals surface area contributed by atoms with Crippen LogP contribution in [0.4, 0.5) is 0 Å². The van der Waals surface area contributed by atoms with Crippen LogP contribution in [0.1, 0.15) is 70.5 Å². The van der Waals surface area contributed by atoms with Gasteiger partial charge in [0, 0.05) is 19.0 Å². The Balaban J connectivity index is 1.89. The molecule has 0 bridgehead atoms. The van der Waals surface area contributed by atoms with Gasteiger partial charge in [-0.15, -0.1) is 0 Å². The summed E-state index contributed by atoms with van der Waals surface area (Å²) in [5.74, 6) is 1.75. The Hall–Kier alpha value is -1.65. The van der Waals surface area contributed by atoms with Crippen molar-refractivity contribution in [2.75, 3.05) is 6.54 Å². The number of H-pyrrole nitrogens is 1. The van der Waals surface area contributed by atoms with Gasteiger partial charge < -0.3 is 9.55 Å². The van der Waals surface area contributed by atoms with Crippen molar-refractivity contribution < 1.29 is 0 Å². The monoisotopic (exact) mass is 301 g/mol. The molecule has 5 nitrogen and oxygen atoms in total. The van der Waals surface area contributed by atoms with Crippen LogP contribution in [0.3, 0.4) is 0 Å². The summed E-state index contributed by atoms with van der Waals surface area (Å²) in [6.07, 6.45) is 10.4. The number of aromatic nitrogens is 4. The van der Waals surface area contributed by atoms with Crippen LogP contribution in [0.2, 0.25) is 0 Å². The number of imidazole rings is 1. The number of aryl methyl sites for hydroxylation is 1. The summed E-state index contributed by atoms with van der Waals surface area (Å²) in [7, 11) is 0. The number of nitrogens with zero attached hydrogens (tertiary/aromatic N) is 4. The van der Waals surface area contributed by atoms with E-state index in [9.17, 15) is 0 Å². The Morgan fingerprint density at radius 1 is 1.23 bits per heavy atom. The summed E-state index contributed by atoms with van der Waals surface area (Å²) < 4.78 is 2.15. The van der Waals surface area contributed by atoms with E-state index in [1.165, 1.54) is 32.1 Å². The molecule has 0 amide bonds. The largest absolute Gasteiger partial charge is 0.337 e. The molecule has 1 fully saturated rings. The number of unbranched alkanes of at least 4 members (excludes halogenated alkanes) is 3. The number of rotatable bonds is 8. The maximum atomic E-state index is 4.82. The zero-order valence-corrected chi connectivity index (χ0v) is 13.8. The lowest BCUT2D eigenvalue weighted by molar-refractivity contribution is 0.662. The molecule has 1 N–H and O–H groups in total. The van der Waals surface area contributed by atoms with Crippen LogP contribution in [-0.2, 0) is 6.54 Å². The SMILES string of the molecule is CCCCCCN=c1ncn(CCC)c2nc(C3CC3)[nH]c12. The van der Waals surface area contributed by atoms with E-state index in [0.717, 1.165) is 48.4 Å². The maximum absolute atomic E-state index is 4.82. The molecule has 1 aliphatic carbocycles. The zero-order chi connectivity index (χ0) is 15.4. The van der Waals surface area contributed by atoms with Crippen molar-refractivity contribution in [1.29, 1.82) is 0 Å². The second kappa shape index (κ2) is 7.07. The molecule has 2 aromatic rings. The minimum Gasteiger partial charge on any atom is -0.337 e. The van der Waals surface area contributed by atoms with Crippen LogP contribution >= 0.6 is 0 Å². The molecule has 0 saturated heterocycles. The second-order valence-electron chi connectivity index (χ2n) is 6.30. The van der Waals surface area contributed by atoms with Gasteiger partial charge in [-0.25, -0.2) is 9.97 Å². The fraction of sp³-hybridized carbons (Fsp3) is 0.706. The molecule has 0 atom stereocenters. The van der Waals surface area contributed by atoms with E-state index in [4.69, 9.17) is 9.98 Å². The molecule has 22 heavy (non-hydrogen) atoms. The Kier molecular flexibility index (Phi) is 4.90. The van der Waals surface area contributed by atoms with Gasteiger partial charge in [0.25, 0.3) is 0 Å². The Morgan fingerprint density at radius 2 is 2.09 bits per heavy atom. The first-order valence-electron chi connectivity index (χ1n) is 8.79. The van der Waals surface area contributed by atoms with Crippen molar-refractivity contribution >= 4 is 11.2 Å². The molecule has 1 aliphatic rings. The first-order chi connectivity index (χ1) is 10.8. The summed E-state index contributed by atoms with van der Waals surface area (Å²) in [5.41, 5.74) is 2.87. The summed E-state index contributed by atoms with van der Waals surface area (Å²) in [5, 5.41) is 0. The molecule has 0 radical (unpaired) electrons. The third kappa shape index (κ3) is 3.39. The molecule has 3 rings (SSSR count). The van der Waals surface area contributed by atoms with Gasteiger partial charge in [0.2, 0.25) is 0 Å². The highest BCUT2D eigenvalue weighted by molar-refractivity contribution is 5.69. The van der Waals surface area contributed by atoms with E-state index in [1.807, 2.05) is 6.33 Å². The van der Waals surface area contributed by atoms with Gasteiger partial charge in [0.15, 0.2) is 11.1 Å². The zero-order valence-electron chi connectivity index (χ0n) is 13.8. The molecular weight excluding hydrogens is 274 g/mol. The van der Waals surface area contributed by atoms with Crippen molar-refractivity contribution in [3.05, 3.63) is 17.6 Å². The van der Waals surface area contributed by atoms with Crippen molar-refractivity contribution in [1.82, 2.24) is 19.5 Å². The highest BCUT2D eigenvalue weighted by atomic mass is 15.1. The Bertz CT molecular complexity index is 678. The quantitative estimate of drug-likeness (QED) is 0.758. The lowest BCUT2D eigenvalue weighted by Gasteiger charge is -2.04. The maximum Gasteiger partial charge on any atom is 0.176 e. The second-order valence-corrected chi connectivity index (χ2v) is 6.30. The predicted molar refractivity (Wildman–Crippen MR) is 88.7 cm³/mol. The van der Waals surface area contributed by atoms with Crippen LogP contribution in [0.15, 0.2) is 11.3 Å². The van der Waals surface area contributed by atoms with Gasteiger partial charge in [-0.1, -0.05) is 33.1 Å². The summed E-state index contributed by atoms with van der Waals surface area (Å²) >= 11 is 0. The molecule has 120 valence electrons. The molecule has 0 aromatic carbocycles. The molecule has 2 heterocycles. The number of hydrogen-bond acceptors (Lipinski definition) is 3. The molecule has 1 saturated carbocycles. The topological polar surface area (TPSA) is 58.9 Å². The predicted octanol–water partition coefficient (Wildman–Crippen LogP) is 3.53. The number of nitrogens with one attached hydrogen (secondary N) is 1. The van der Waals surface area contributed by atoms with Gasteiger partial charge in [0.1, 0.15) is 11.3 Å². The van der Waals surface area contributed by atoms with Gasteiger partial charge in [-0.2, -0.15) is 0 Å².